The molecule has 92 valence electrons. The molecule has 0 fully saturated rings. The first-order valence-corrected chi connectivity index (χ1v) is 5.86. The maximum Gasteiger partial charge on any atom is 0.407 e. The van der Waals surface area contributed by atoms with Gasteiger partial charge < -0.3 is 15.2 Å². The Kier molecular flexibility index (Phi) is 5.22. The molecule has 1 unspecified atom stereocenters. The first kappa shape index (κ1) is 13.2. The van der Waals surface area contributed by atoms with E-state index in [4.69, 9.17) is 9.84 Å². The van der Waals surface area contributed by atoms with Crippen molar-refractivity contribution in [1.29, 1.82) is 0 Å². The zero-order valence-electron chi connectivity index (χ0n) is 9.09. The van der Waals surface area contributed by atoms with Crippen LogP contribution in [0.15, 0.2) is 29.5 Å². The Morgan fingerprint density at radius 2 is 2.41 bits per heavy atom. The number of carbonyl (C=O) groups is 2. The molecule has 1 amide bonds. The van der Waals surface area contributed by atoms with Gasteiger partial charge in [-0.3, -0.25) is 4.79 Å². The van der Waals surface area contributed by atoms with Gasteiger partial charge in [0.15, 0.2) is 0 Å². The molecular weight excluding hydrogens is 242 g/mol. The summed E-state index contributed by atoms with van der Waals surface area (Å²) in [6.07, 6.45) is 0.610. The molecule has 1 heterocycles. The maximum atomic E-state index is 11.3. The fourth-order valence-corrected chi connectivity index (χ4v) is 1.93. The Labute approximate surface area is 103 Å². The molecule has 0 radical (unpaired) electrons. The lowest BCUT2D eigenvalue weighted by Crippen LogP contribution is -2.30. The Morgan fingerprint density at radius 3 is 2.94 bits per heavy atom. The van der Waals surface area contributed by atoms with E-state index < -0.39 is 18.1 Å². The predicted octanol–water partition coefficient (Wildman–Crippen LogP) is 2.18. The summed E-state index contributed by atoms with van der Waals surface area (Å²) < 4.78 is 4.74. The summed E-state index contributed by atoms with van der Waals surface area (Å²) in [5.41, 5.74) is 0.757. The molecule has 6 heteroatoms. The SMILES string of the molecule is C=CCOC(=O)NC(CC(=O)O)c1ccsc1. The fraction of sp³-hybridized carbons (Fsp3) is 0.273. The van der Waals surface area contributed by atoms with E-state index in [0.29, 0.717) is 0 Å². The minimum Gasteiger partial charge on any atom is -0.481 e. The summed E-state index contributed by atoms with van der Waals surface area (Å²) in [6.45, 7) is 3.51. The maximum absolute atomic E-state index is 11.3. The zero-order chi connectivity index (χ0) is 12.7. The highest BCUT2D eigenvalue weighted by atomic mass is 32.1. The van der Waals surface area contributed by atoms with Crippen LogP contribution >= 0.6 is 11.3 Å². The average Bonchev–Trinajstić information content (AvgIpc) is 2.78. The monoisotopic (exact) mass is 255 g/mol. The highest BCUT2D eigenvalue weighted by Crippen LogP contribution is 2.19. The number of nitrogens with one attached hydrogen (secondary N) is 1. The van der Waals surface area contributed by atoms with Crippen LogP contribution in [0.5, 0.6) is 0 Å². The third-order valence-electron chi connectivity index (χ3n) is 1.95. The number of carboxylic acids is 1. The number of carboxylic acid groups (broad SMARTS) is 1. The highest BCUT2D eigenvalue weighted by Gasteiger charge is 2.18. The van der Waals surface area contributed by atoms with E-state index >= 15 is 0 Å². The molecule has 1 aromatic rings. The number of carbonyl (C=O) groups excluding carboxylic acids is 1. The van der Waals surface area contributed by atoms with E-state index in [9.17, 15) is 9.59 Å². The number of hydrogen-bond donors (Lipinski definition) is 2. The van der Waals surface area contributed by atoms with E-state index in [-0.39, 0.29) is 13.0 Å². The van der Waals surface area contributed by atoms with Crippen molar-refractivity contribution in [2.24, 2.45) is 0 Å². The van der Waals surface area contributed by atoms with Crippen LogP contribution in [0.3, 0.4) is 0 Å². The minimum absolute atomic E-state index is 0.0925. The van der Waals surface area contributed by atoms with Crippen LogP contribution in [-0.4, -0.2) is 23.8 Å². The Morgan fingerprint density at radius 1 is 1.65 bits per heavy atom. The molecule has 0 aromatic carbocycles. The van der Waals surface area contributed by atoms with Gasteiger partial charge in [0.2, 0.25) is 0 Å². The smallest absolute Gasteiger partial charge is 0.407 e. The topological polar surface area (TPSA) is 75.6 Å². The molecule has 1 atom stereocenters. The van der Waals surface area contributed by atoms with Gasteiger partial charge in [-0.05, 0) is 22.4 Å². The van der Waals surface area contributed by atoms with Crippen molar-refractivity contribution in [2.75, 3.05) is 6.61 Å². The van der Waals surface area contributed by atoms with Crippen LogP contribution in [0.25, 0.3) is 0 Å². The summed E-state index contributed by atoms with van der Waals surface area (Å²) in [4.78, 5) is 22.0. The van der Waals surface area contributed by atoms with Crippen LogP contribution in [-0.2, 0) is 9.53 Å². The van der Waals surface area contributed by atoms with Crippen molar-refractivity contribution in [3.63, 3.8) is 0 Å². The lowest BCUT2D eigenvalue weighted by atomic mass is 10.1. The van der Waals surface area contributed by atoms with Crippen LogP contribution in [0.4, 0.5) is 4.79 Å². The largest absolute Gasteiger partial charge is 0.481 e. The standard InChI is InChI=1S/C11H13NO4S/c1-2-4-16-11(15)12-9(6-10(13)14)8-3-5-17-7-8/h2-3,5,7,9H,1,4,6H2,(H,12,15)(H,13,14). The third kappa shape index (κ3) is 4.69. The van der Waals surface area contributed by atoms with Crippen molar-refractivity contribution >= 4 is 23.4 Å². The second-order valence-electron chi connectivity index (χ2n) is 3.24. The minimum atomic E-state index is -0.981. The second kappa shape index (κ2) is 6.70. The molecule has 1 aromatic heterocycles. The van der Waals surface area contributed by atoms with Gasteiger partial charge in [0, 0.05) is 0 Å². The summed E-state index contributed by atoms with van der Waals surface area (Å²) in [5.74, 6) is -0.981. The van der Waals surface area contributed by atoms with Gasteiger partial charge in [-0.15, -0.1) is 0 Å². The summed E-state index contributed by atoms with van der Waals surface area (Å²) >= 11 is 1.44. The molecule has 17 heavy (non-hydrogen) atoms. The molecule has 0 bridgehead atoms. The van der Waals surface area contributed by atoms with Crippen molar-refractivity contribution in [3.05, 3.63) is 35.0 Å². The van der Waals surface area contributed by atoms with Crippen LogP contribution in [0, 0.1) is 0 Å². The van der Waals surface area contributed by atoms with Gasteiger partial charge in [0.25, 0.3) is 0 Å². The number of hydrogen-bond acceptors (Lipinski definition) is 4. The molecule has 5 nitrogen and oxygen atoms in total. The summed E-state index contributed by atoms with van der Waals surface area (Å²) in [7, 11) is 0. The Hall–Kier alpha value is -1.82. The van der Waals surface area contributed by atoms with Gasteiger partial charge in [0.1, 0.15) is 6.61 Å². The van der Waals surface area contributed by atoms with Crippen molar-refractivity contribution in [3.8, 4) is 0 Å². The number of aliphatic carboxylic acids is 1. The predicted molar refractivity (Wildman–Crippen MR) is 64.0 cm³/mol. The van der Waals surface area contributed by atoms with Crippen LogP contribution in [0.2, 0.25) is 0 Å². The number of ether oxygens (including phenoxy) is 1. The molecule has 0 aliphatic heterocycles. The average molecular weight is 255 g/mol. The Balaban J connectivity index is 2.61. The number of thiophene rings is 1. The lowest BCUT2D eigenvalue weighted by Gasteiger charge is -2.15. The van der Waals surface area contributed by atoms with Gasteiger partial charge in [-0.2, -0.15) is 11.3 Å². The van der Waals surface area contributed by atoms with E-state index in [1.165, 1.54) is 17.4 Å². The van der Waals surface area contributed by atoms with Gasteiger partial charge >= 0.3 is 12.1 Å². The molecule has 1 rings (SSSR count). The van der Waals surface area contributed by atoms with Gasteiger partial charge in [-0.1, -0.05) is 12.7 Å². The van der Waals surface area contributed by atoms with Gasteiger partial charge in [-0.25, -0.2) is 4.79 Å². The van der Waals surface area contributed by atoms with Crippen LogP contribution < -0.4 is 5.32 Å². The molecule has 0 saturated heterocycles. The molecule has 0 aliphatic carbocycles. The molecule has 2 N–H and O–H groups in total. The first-order chi connectivity index (χ1) is 8.13. The highest BCUT2D eigenvalue weighted by molar-refractivity contribution is 7.07. The molecule has 0 spiro atoms. The number of rotatable bonds is 6. The summed E-state index contributed by atoms with van der Waals surface area (Å²) in [6, 6.07) is 1.20. The normalized spacial score (nSPS) is 11.5. The number of alkyl carbamates (subject to hydrolysis) is 1. The third-order valence-corrected chi connectivity index (χ3v) is 2.65. The Bertz CT molecular complexity index is 388. The van der Waals surface area contributed by atoms with Gasteiger partial charge in [0.05, 0.1) is 12.5 Å². The van der Waals surface area contributed by atoms with Crippen molar-refractivity contribution in [1.82, 2.24) is 5.32 Å². The molecule has 0 saturated carbocycles. The van der Waals surface area contributed by atoms with Crippen molar-refractivity contribution in [2.45, 2.75) is 12.5 Å². The van der Waals surface area contributed by atoms with E-state index in [1.807, 2.05) is 5.38 Å². The van der Waals surface area contributed by atoms with E-state index in [0.717, 1.165) is 5.56 Å². The van der Waals surface area contributed by atoms with Crippen LogP contribution in [0.1, 0.15) is 18.0 Å². The zero-order valence-corrected chi connectivity index (χ0v) is 9.90. The fourth-order valence-electron chi connectivity index (χ4n) is 1.22. The van der Waals surface area contributed by atoms with Crippen molar-refractivity contribution < 1.29 is 19.4 Å². The quantitative estimate of drug-likeness (QED) is 0.764. The molecular formula is C11H13NO4S. The second-order valence-corrected chi connectivity index (χ2v) is 4.02. The lowest BCUT2D eigenvalue weighted by molar-refractivity contribution is -0.137. The van der Waals surface area contributed by atoms with E-state index in [2.05, 4.69) is 11.9 Å². The molecule has 0 aliphatic rings. The summed E-state index contributed by atoms with van der Waals surface area (Å²) in [5, 5.41) is 14.9. The number of amides is 1. The van der Waals surface area contributed by atoms with E-state index in [1.54, 1.807) is 11.4 Å². The first-order valence-electron chi connectivity index (χ1n) is 4.91.